The lowest BCUT2D eigenvalue weighted by molar-refractivity contribution is 1.19. The molecule has 19 heavy (non-hydrogen) atoms. The van der Waals surface area contributed by atoms with Crippen LogP contribution in [0.2, 0.25) is 0 Å². The van der Waals surface area contributed by atoms with Crippen LogP contribution in [-0.4, -0.2) is 19.4 Å². The Morgan fingerprint density at radius 2 is 1.63 bits per heavy atom. The number of rotatable bonds is 1. The Hall–Kier alpha value is -2.75. The monoisotopic (exact) mass is 246 g/mol. The third kappa shape index (κ3) is 1.65. The molecule has 4 nitrogen and oxygen atoms in total. The van der Waals surface area contributed by atoms with Crippen molar-refractivity contribution >= 4 is 16.7 Å². The van der Waals surface area contributed by atoms with Gasteiger partial charge < -0.3 is 4.40 Å². The summed E-state index contributed by atoms with van der Waals surface area (Å²) in [5.74, 6) is 0. The smallest absolute Gasteiger partial charge is 0.137 e. The van der Waals surface area contributed by atoms with E-state index in [-0.39, 0.29) is 0 Å². The van der Waals surface area contributed by atoms with Crippen LogP contribution in [0.3, 0.4) is 0 Å². The lowest BCUT2D eigenvalue weighted by Crippen LogP contribution is -1.88. The SMILES string of the molecule is c1ccc2nc(-c3cn4ccccc4n3)cnc2c1. The number of para-hydroxylation sites is 2. The second kappa shape index (κ2) is 3.88. The number of hydrogen-bond acceptors (Lipinski definition) is 3. The highest BCUT2D eigenvalue weighted by atomic mass is 15.0. The summed E-state index contributed by atoms with van der Waals surface area (Å²) in [6, 6.07) is 13.8. The highest BCUT2D eigenvalue weighted by Gasteiger charge is 2.06. The number of hydrogen-bond donors (Lipinski definition) is 0. The largest absolute Gasteiger partial charge is 0.306 e. The molecule has 4 rings (SSSR count). The molecule has 3 heterocycles. The zero-order valence-corrected chi connectivity index (χ0v) is 10.1. The summed E-state index contributed by atoms with van der Waals surface area (Å²) >= 11 is 0. The average Bonchev–Trinajstić information content (AvgIpc) is 2.90. The number of pyridine rings is 1. The predicted octanol–water partition coefficient (Wildman–Crippen LogP) is 2.94. The molecule has 0 unspecified atom stereocenters. The van der Waals surface area contributed by atoms with Gasteiger partial charge in [0, 0.05) is 12.4 Å². The molecule has 0 aliphatic carbocycles. The third-order valence-corrected chi connectivity index (χ3v) is 3.07. The fourth-order valence-electron chi connectivity index (χ4n) is 2.14. The van der Waals surface area contributed by atoms with Crippen LogP contribution in [-0.2, 0) is 0 Å². The predicted molar refractivity (Wildman–Crippen MR) is 73.7 cm³/mol. The molecule has 0 saturated carbocycles. The van der Waals surface area contributed by atoms with Gasteiger partial charge >= 0.3 is 0 Å². The zero-order valence-electron chi connectivity index (χ0n) is 10.1. The van der Waals surface area contributed by atoms with Gasteiger partial charge in [0.2, 0.25) is 0 Å². The van der Waals surface area contributed by atoms with Crippen molar-refractivity contribution in [2.45, 2.75) is 0 Å². The first-order chi connectivity index (χ1) is 9.40. The molecule has 0 N–H and O–H groups in total. The summed E-state index contributed by atoms with van der Waals surface area (Å²) in [6.45, 7) is 0. The average molecular weight is 246 g/mol. The van der Waals surface area contributed by atoms with Gasteiger partial charge in [0.25, 0.3) is 0 Å². The Balaban J connectivity index is 1.93. The van der Waals surface area contributed by atoms with Crippen LogP contribution in [0.4, 0.5) is 0 Å². The van der Waals surface area contributed by atoms with Crippen molar-refractivity contribution in [3.63, 3.8) is 0 Å². The van der Waals surface area contributed by atoms with Crippen molar-refractivity contribution < 1.29 is 0 Å². The highest BCUT2D eigenvalue weighted by molar-refractivity contribution is 5.76. The van der Waals surface area contributed by atoms with E-state index >= 15 is 0 Å². The molecule has 0 fully saturated rings. The molecule has 4 heteroatoms. The number of benzene rings is 1. The molecule has 0 spiro atoms. The Morgan fingerprint density at radius 3 is 2.53 bits per heavy atom. The van der Waals surface area contributed by atoms with Crippen molar-refractivity contribution in [1.29, 1.82) is 0 Å². The van der Waals surface area contributed by atoms with E-state index in [0.717, 1.165) is 28.1 Å². The minimum atomic E-state index is 0.794. The van der Waals surface area contributed by atoms with Crippen LogP contribution in [0.1, 0.15) is 0 Å². The van der Waals surface area contributed by atoms with Gasteiger partial charge in [-0.25, -0.2) is 9.97 Å². The summed E-state index contributed by atoms with van der Waals surface area (Å²) in [7, 11) is 0. The van der Waals surface area contributed by atoms with Crippen LogP contribution in [0.15, 0.2) is 61.1 Å². The van der Waals surface area contributed by atoms with Crippen molar-refractivity contribution in [3.05, 3.63) is 61.1 Å². The molecule has 3 aromatic heterocycles. The van der Waals surface area contributed by atoms with E-state index in [1.165, 1.54) is 0 Å². The summed E-state index contributed by atoms with van der Waals surface area (Å²) in [6.07, 6.45) is 5.71. The van der Waals surface area contributed by atoms with E-state index in [2.05, 4.69) is 15.0 Å². The lowest BCUT2D eigenvalue weighted by atomic mass is 10.3. The van der Waals surface area contributed by atoms with Crippen molar-refractivity contribution in [2.75, 3.05) is 0 Å². The molecule has 0 aliphatic rings. The Bertz CT molecular complexity index is 846. The molecule has 0 amide bonds. The van der Waals surface area contributed by atoms with Gasteiger partial charge in [-0.15, -0.1) is 0 Å². The number of fused-ring (bicyclic) bond motifs is 2. The molecule has 0 aliphatic heterocycles. The van der Waals surface area contributed by atoms with Crippen LogP contribution in [0, 0.1) is 0 Å². The maximum atomic E-state index is 4.60. The first-order valence-electron chi connectivity index (χ1n) is 6.06. The van der Waals surface area contributed by atoms with Gasteiger partial charge in [0.1, 0.15) is 17.0 Å². The molecule has 0 bridgehead atoms. The third-order valence-electron chi connectivity index (χ3n) is 3.07. The van der Waals surface area contributed by atoms with Gasteiger partial charge in [-0.05, 0) is 24.3 Å². The Labute approximate surface area is 109 Å². The van der Waals surface area contributed by atoms with Crippen LogP contribution in [0.5, 0.6) is 0 Å². The lowest BCUT2D eigenvalue weighted by Gasteiger charge is -1.98. The van der Waals surface area contributed by atoms with Gasteiger partial charge in [-0.2, -0.15) is 0 Å². The summed E-state index contributed by atoms with van der Waals surface area (Å²) in [5.41, 5.74) is 4.33. The second-order valence-corrected chi connectivity index (χ2v) is 4.34. The first-order valence-corrected chi connectivity index (χ1v) is 6.06. The first kappa shape index (κ1) is 10.2. The van der Waals surface area contributed by atoms with E-state index in [1.54, 1.807) is 6.20 Å². The molecule has 4 aromatic rings. The summed E-state index contributed by atoms with van der Waals surface area (Å²) in [4.78, 5) is 13.6. The Kier molecular flexibility index (Phi) is 2.08. The molecular weight excluding hydrogens is 236 g/mol. The van der Waals surface area contributed by atoms with Gasteiger partial charge in [-0.3, -0.25) is 4.98 Å². The Morgan fingerprint density at radius 1 is 0.789 bits per heavy atom. The number of nitrogens with zero attached hydrogens (tertiary/aromatic N) is 4. The van der Waals surface area contributed by atoms with Crippen molar-refractivity contribution in [3.8, 4) is 11.4 Å². The summed E-state index contributed by atoms with van der Waals surface area (Å²) < 4.78 is 1.98. The zero-order chi connectivity index (χ0) is 12.7. The van der Waals surface area contributed by atoms with Crippen molar-refractivity contribution in [1.82, 2.24) is 19.4 Å². The van der Waals surface area contributed by atoms with Crippen LogP contribution >= 0.6 is 0 Å². The minimum Gasteiger partial charge on any atom is -0.306 e. The second-order valence-electron chi connectivity index (χ2n) is 4.34. The van der Waals surface area contributed by atoms with E-state index in [9.17, 15) is 0 Å². The van der Waals surface area contributed by atoms with Crippen LogP contribution in [0.25, 0.3) is 28.1 Å². The van der Waals surface area contributed by atoms with Crippen molar-refractivity contribution in [2.24, 2.45) is 0 Å². The molecule has 0 atom stereocenters. The van der Waals surface area contributed by atoms with Gasteiger partial charge in [-0.1, -0.05) is 18.2 Å². The highest BCUT2D eigenvalue weighted by Crippen LogP contribution is 2.18. The number of aromatic nitrogens is 4. The molecule has 90 valence electrons. The van der Waals surface area contributed by atoms with E-state index in [1.807, 2.05) is 59.3 Å². The van der Waals surface area contributed by atoms with E-state index < -0.39 is 0 Å². The minimum absolute atomic E-state index is 0.794. The maximum Gasteiger partial charge on any atom is 0.137 e. The molecule has 1 aromatic carbocycles. The summed E-state index contributed by atoms with van der Waals surface area (Å²) in [5, 5.41) is 0. The normalized spacial score (nSPS) is 11.2. The van der Waals surface area contributed by atoms with E-state index in [0.29, 0.717) is 0 Å². The topological polar surface area (TPSA) is 43.1 Å². The molecular formula is C15H10N4. The quantitative estimate of drug-likeness (QED) is 0.518. The van der Waals surface area contributed by atoms with E-state index in [4.69, 9.17) is 0 Å². The van der Waals surface area contributed by atoms with Gasteiger partial charge in [0.05, 0.1) is 17.2 Å². The number of imidazole rings is 1. The fraction of sp³-hybridized carbons (Fsp3) is 0. The maximum absolute atomic E-state index is 4.60. The fourth-order valence-corrected chi connectivity index (χ4v) is 2.14. The molecule has 0 saturated heterocycles. The van der Waals surface area contributed by atoms with Crippen LogP contribution < -0.4 is 0 Å². The molecule has 0 radical (unpaired) electrons. The standard InChI is InChI=1S/C15H10N4/c1-2-6-12-11(5-1)16-9-13(17-12)14-10-19-8-4-3-7-15(19)18-14/h1-10H. The van der Waals surface area contributed by atoms with Gasteiger partial charge in [0.15, 0.2) is 0 Å².